The topological polar surface area (TPSA) is 87.2 Å². The lowest BCUT2D eigenvalue weighted by atomic mass is 9.98. The highest BCUT2D eigenvalue weighted by Crippen LogP contribution is 2.46. The van der Waals surface area contributed by atoms with Crippen molar-refractivity contribution in [2.45, 2.75) is 55.9 Å². The van der Waals surface area contributed by atoms with Crippen LogP contribution in [0, 0.1) is 0 Å². The highest BCUT2D eigenvalue weighted by Gasteiger charge is 2.61. The van der Waals surface area contributed by atoms with Crippen molar-refractivity contribution < 1.29 is 37.1 Å². The molecule has 1 spiro atoms. The highest BCUT2D eigenvalue weighted by atomic mass is 19.4. The number of benzene rings is 1. The summed E-state index contributed by atoms with van der Waals surface area (Å²) in [6, 6.07) is 2.70. The zero-order valence-corrected chi connectivity index (χ0v) is 19.9. The van der Waals surface area contributed by atoms with Gasteiger partial charge in [0.1, 0.15) is 17.6 Å². The Hall–Kier alpha value is -3.37. The van der Waals surface area contributed by atoms with Crippen LogP contribution in [0.4, 0.5) is 13.2 Å². The van der Waals surface area contributed by atoms with Crippen molar-refractivity contribution in [1.82, 2.24) is 14.7 Å². The van der Waals surface area contributed by atoms with E-state index in [9.17, 15) is 32.3 Å². The molecule has 4 rings (SSSR count). The van der Waals surface area contributed by atoms with Gasteiger partial charge in [-0.1, -0.05) is 24.8 Å². The number of piperazine rings is 1. The number of esters is 1. The summed E-state index contributed by atoms with van der Waals surface area (Å²) in [6.07, 6.45) is -1.77. The number of rotatable bonds is 6. The quantitative estimate of drug-likeness (QED) is 0.435. The number of alkyl halides is 3. The lowest BCUT2D eigenvalue weighted by molar-refractivity contribution is -0.160. The molecule has 3 fully saturated rings. The van der Waals surface area contributed by atoms with E-state index in [1.807, 2.05) is 0 Å². The van der Waals surface area contributed by atoms with Crippen molar-refractivity contribution in [2.75, 3.05) is 26.7 Å². The van der Waals surface area contributed by atoms with Crippen LogP contribution in [-0.4, -0.2) is 82.8 Å². The molecule has 1 aromatic rings. The van der Waals surface area contributed by atoms with Crippen LogP contribution < -0.4 is 0 Å². The fourth-order valence-electron chi connectivity index (χ4n) is 5.27. The molecule has 194 valence electrons. The van der Waals surface area contributed by atoms with Crippen molar-refractivity contribution in [3.8, 4) is 0 Å². The Bertz CT molecular complexity index is 1080. The number of likely N-dealkylation sites (tertiary alicyclic amines) is 1. The molecule has 0 bridgehead atoms. The monoisotopic (exact) mass is 507 g/mol. The van der Waals surface area contributed by atoms with Gasteiger partial charge in [-0.25, -0.2) is 4.79 Å². The standard InChI is InChI=1S/C25H28F3N3O5/c1-3-20(32)31-13-12-30(23(35)24(31)9-10-24)19(15-16-6-4-7-17(14-16)25(26,27)28)21(33)29-11-5-8-18(29)22(34)36-2/h3-4,6-7,14,18-19H,1,5,8-13,15H2,2H3/t18-,19-/m0/s1. The molecule has 1 saturated carbocycles. The number of carbonyl (C=O) groups excluding carboxylic acids is 4. The third kappa shape index (κ3) is 4.58. The second-order valence-corrected chi connectivity index (χ2v) is 9.36. The van der Waals surface area contributed by atoms with E-state index in [0.717, 1.165) is 18.2 Å². The van der Waals surface area contributed by atoms with E-state index in [1.165, 1.54) is 33.9 Å². The molecule has 0 radical (unpaired) electrons. The number of methoxy groups -OCH3 is 1. The summed E-state index contributed by atoms with van der Waals surface area (Å²) in [5.41, 5.74) is -1.69. The summed E-state index contributed by atoms with van der Waals surface area (Å²) < 4.78 is 44.8. The zero-order chi connectivity index (χ0) is 26.3. The molecule has 3 amide bonds. The van der Waals surface area contributed by atoms with Gasteiger partial charge >= 0.3 is 12.1 Å². The Morgan fingerprint density at radius 2 is 1.94 bits per heavy atom. The maximum Gasteiger partial charge on any atom is 0.416 e. The smallest absolute Gasteiger partial charge is 0.416 e. The van der Waals surface area contributed by atoms with Crippen LogP contribution in [-0.2, 0) is 36.5 Å². The predicted molar refractivity (Wildman–Crippen MR) is 121 cm³/mol. The summed E-state index contributed by atoms with van der Waals surface area (Å²) in [5, 5.41) is 0. The minimum absolute atomic E-state index is 0.0340. The molecule has 3 aliphatic rings. The van der Waals surface area contributed by atoms with Crippen LogP contribution in [0.3, 0.4) is 0 Å². The number of hydrogen-bond acceptors (Lipinski definition) is 5. The molecule has 36 heavy (non-hydrogen) atoms. The zero-order valence-electron chi connectivity index (χ0n) is 19.9. The number of carbonyl (C=O) groups is 4. The molecule has 1 aliphatic carbocycles. The van der Waals surface area contributed by atoms with Gasteiger partial charge < -0.3 is 19.4 Å². The van der Waals surface area contributed by atoms with Crippen LogP contribution in [0.5, 0.6) is 0 Å². The third-order valence-corrected chi connectivity index (χ3v) is 7.26. The van der Waals surface area contributed by atoms with Crippen molar-refractivity contribution in [3.05, 3.63) is 48.0 Å². The number of nitrogens with zero attached hydrogens (tertiary/aromatic N) is 3. The fraction of sp³-hybridized carbons (Fsp3) is 0.520. The Balaban J connectivity index is 1.68. The largest absolute Gasteiger partial charge is 0.467 e. The summed E-state index contributed by atoms with van der Waals surface area (Å²) in [6.45, 7) is 3.97. The number of halogens is 3. The van der Waals surface area contributed by atoms with Gasteiger partial charge in [0.25, 0.3) is 0 Å². The molecule has 2 atom stereocenters. The van der Waals surface area contributed by atoms with Gasteiger partial charge in [-0.05, 0) is 43.4 Å². The average molecular weight is 508 g/mol. The Morgan fingerprint density at radius 1 is 1.22 bits per heavy atom. The Kier molecular flexibility index (Phi) is 6.85. The van der Waals surface area contributed by atoms with Gasteiger partial charge in [-0.3, -0.25) is 14.4 Å². The van der Waals surface area contributed by atoms with Crippen LogP contribution in [0.25, 0.3) is 0 Å². The lowest BCUT2D eigenvalue weighted by Crippen LogP contribution is -2.65. The van der Waals surface area contributed by atoms with Crippen molar-refractivity contribution in [3.63, 3.8) is 0 Å². The Labute approximate surface area is 206 Å². The second kappa shape index (κ2) is 9.59. The summed E-state index contributed by atoms with van der Waals surface area (Å²) in [4.78, 5) is 56.3. The van der Waals surface area contributed by atoms with Gasteiger partial charge in [0, 0.05) is 26.1 Å². The third-order valence-electron chi connectivity index (χ3n) is 7.26. The minimum Gasteiger partial charge on any atom is -0.467 e. The predicted octanol–water partition coefficient (Wildman–Crippen LogP) is 2.17. The molecule has 0 aromatic heterocycles. The number of amides is 3. The van der Waals surface area contributed by atoms with Crippen LogP contribution in [0.15, 0.2) is 36.9 Å². The van der Waals surface area contributed by atoms with Crippen molar-refractivity contribution in [2.24, 2.45) is 0 Å². The van der Waals surface area contributed by atoms with E-state index in [1.54, 1.807) is 0 Å². The SMILES string of the molecule is C=CC(=O)N1CCN([C@@H](Cc2cccc(C(F)(F)F)c2)C(=O)N2CCC[C@H]2C(=O)OC)C(=O)C12CC2. The maximum atomic E-state index is 13.8. The van der Waals surface area contributed by atoms with Gasteiger partial charge in [-0.15, -0.1) is 0 Å². The van der Waals surface area contributed by atoms with Crippen molar-refractivity contribution >= 4 is 23.7 Å². The molecule has 11 heteroatoms. The second-order valence-electron chi connectivity index (χ2n) is 9.36. The molecule has 2 aliphatic heterocycles. The first-order valence-electron chi connectivity index (χ1n) is 11.8. The van der Waals surface area contributed by atoms with Gasteiger partial charge in [-0.2, -0.15) is 13.2 Å². The normalized spacial score (nSPS) is 21.9. The van der Waals surface area contributed by atoms with Crippen molar-refractivity contribution in [1.29, 1.82) is 0 Å². The molecule has 8 nitrogen and oxygen atoms in total. The van der Waals surface area contributed by atoms with E-state index in [2.05, 4.69) is 6.58 Å². The summed E-state index contributed by atoms with van der Waals surface area (Å²) in [5.74, 6) is -1.90. The lowest BCUT2D eigenvalue weighted by Gasteiger charge is -2.44. The van der Waals surface area contributed by atoms with E-state index >= 15 is 0 Å². The molecular formula is C25H28F3N3O5. The maximum absolute atomic E-state index is 13.8. The first-order chi connectivity index (χ1) is 17.0. The molecule has 0 unspecified atom stereocenters. The molecule has 0 N–H and O–H groups in total. The molecular weight excluding hydrogens is 479 g/mol. The van der Waals surface area contributed by atoms with E-state index in [4.69, 9.17) is 4.74 Å². The minimum atomic E-state index is -4.56. The highest BCUT2D eigenvalue weighted by molar-refractivity contribution is 6.00. The fourth-order valence-corrected chi connectivity index (χ4v) is 5.27. The summed E-state index contributed by atoms with van der Waals surface area (Å²) >= 11 is 0. The van der Waals surface area contributed by atoms with Crippen LogP contribution in [0.1, 0.15) is 36.8 Å². The summed E-state index contributed by atoms with van der Waals surface area (Å²) in [7, 11) is 1.22. The average Bonchev–Trinajstić information content (AvgIpc) is 3.49. The molecule has 1 aromatic carbocycles. The molecule has 2 saturated heterocycles. The van der Waals surface area contributed by atoms with E-state index < -0.39 is 47.1 Å². The first-order valence-corrected chi connectivity index (χ1v) is 11.8. The van der Waals surface area contributed by atoms with Gasteiger partial charge in [0.15, 0.2) is 0 Å². The van der Waals surface area contributed by atoms with Crippen LogP contribution in [0.2, 0.25) is 0 Å². The molecule has 2 heterocycles. The number of hydrogen-bond donors (Lipinski definition) is 0. The van der Waals surface area contributed by atoms with E-state index in [0.29, 0.717) is 25.7 Å². The number of ether oxygens (including phenoxy) is 1. The first kappa shape index (κ1) is 25.7. The van der Waals surface area contributed by atoms with E-state index in [-0.39, 0.29) is 37.5 Å². The van der Waals surface area contributed by atoms with Gasteiger partial charge in [0.05, 0.1) is 12.7 Å². The van der Waals surface area contributed by atoms with Gasteiger partial charge in [0.2, 0.25) is 17.7 Å². The van der Waals surface area contributed by atoms with Crippen LogP contribution >= 0.6 is 0 Å². The Morgan fingerprint density at radius 3 is 2.56 bits per heavy atom.